The molecule has 1 unspecified atom stereocenters. The van der Waals surface area contributed by atoms with E-state index in [0.29, 0.717) is 5.69 Å². The Hall–Kier alpha value is -1.54. The first kappa shape index (κ1) is 13.9. The number of rotatable bonds is 1. The zero-order valence-electron chi connectivity index (χ0n) is 9.68. The molecule has 0 spiro atoms. The van der Waals surface area contributed by atoms with Crippen molar-refractivity contribution in [3.63, 3.8) is 0 Å². The highest BCUT2D eigenvalue weighted by Gasteiger charge is 2.47. The van der Waals surface area contributed by atoms with E-state index in [4.69, 9.17) is 0 Å². The number of hydrogen-bond donors (Lipinski definition) is 1. The van der Waals surface area contributed by atoms with Crippen LogP contribution in [-0.4, -0.2) is 38.7 Å². The lowest BCUT2D eigenvalue weighted by Crippen LogP contribution is -2.61. The van der Waals surface area contributed by atoms with Gasteiger partial charge in [-0.2, -0.15) is 21.6 Å². The van der Waals surface area contributed by atoms with E-state index in [1.54, 1.807) is 30.3 Å². The second-order valence-corrected chi connectivity index (χ2v) is 4.88. The van der Waals surface area contributed by atoms with Gasteiger partial charge < -0.3 is 4.90 Å². The molecule has 1 atom stereocenters. The number of halogens is 3. The van der Waals surface area contributed by atoms with Crippen LogP contribution in [0, 0.1) is 0 Å². The van der Waals surface area contributed by atoms with Crippen LogP contribution in [0.25, 0.3) is 0 Å². The minimum Gasteiger partial charge on any atom is -0.329 e. The van der Waals surface area contributed by atoms with Gasteiger partial charge >= 0.3 is 6.18 Å². The summed E-state index contributed by atoms with van der Waals surface area (Å²) in [5.74, 6) is 0. The highest BCUT2D eigenvalue weighted by molar-refractivity contribution is 7.73. The summed E-state index contributed by atoms with van der Waals surface area (Å²) in [5, 5.41) is 2.19. The van der Waals surface area contributed by atoms with Crippen LogP contribution in [0.1, 0.15) is 0 Å². The third-order valence-corrected chi connectivity index (χ3v) is 3.56. The summed E-state index contributed by atoms with van der Waals surface area (Å²) >= 11 is 0. The molecule has 1 fully saturated rings. The van der Waals surface area contributed by atoms with Crippen molar-refractivity contribution in [1.82, 2.24) is 5.32 Å². The molecule has 8 heteroatoms. The molecule has 0 radical (unpaired) electrons. The molecule has 19 heavy (non-hydrogen) atoms. The molecule has 0 amide bonds. The fourth-order valence-corrected chi connectivity index (χ4v) is 2.77. The molecule has 0 saturated carbocycles. The average molecular weight is 292 g/mol. The van der Waals surface area contributed by atoms with Crippen LogP contribution < -0.4 is 10.2 Å². The van der Waals surface area contributed by atoms with Crippen LogP contribution >= 0.6 is 0 Å². The summed E-state index contributed by atoms with van der Waals surface area (Å²) in [5.41, 5.74) is 0.428. The Bertz CT molecular complexity index is 576. The van der Waals surface area contributed by atoms with Crippen molar-refractivity contribution in [2.45, 2.75) is 12.2 Å². The van der Waals surface area contributed by atoms with Gasteiger partial charge in [0.1, 0.15) is 0 Å². The first-order chi connectivity index (χ1) is 8.91. The molecule has 104 valence electrons. The molecular formula is C11H11F3N2O2S. The summed E-state index contributed by atoms with van der Waals surface area (Å²) in [6.07, 6.45) is -4.65. The van der Waals surface area contributed by atoms with Crippen molar-refractivity contribution in [3.05, 3.63) is 30.3 Å². The van der Waals surface area contributed by atoms with E-state index < -0.39 is 27.5 Å². The predicted octanol–water partition coefficient (Wildman–Crippen LogP) is 1.04. The number of nitrogens with one attached hydrogen (secondary N) is 1. The molecule has 1 aliphatic rings. The van der Waals surface area contributed by atoms with Gasteiger partial charge in [0.25, 0.3) is 0 Å². The third-order valence-electron chi connectivity index (χ3n) is 2.76. The Balaban J connectivity index is 2.48. The smallest absolute Gasteiger partial charge is 0.329 e. The van der Waals surface area contributed by atoms with Crippen molar-refractivity contribution in [2.75, 3.05) is 18.0 Å². The van der Waals surface area contributed by atoms with Gasteiger partial charge in [0.2, 0.25) is 10.3 Å². The number of para-hydroxylation sites is 1. The van der Waals surface area contributed by atoms with Gasteiger partial charge in [0.05, 0.1) is 0 Å². The average Bonchev–Trinajstić information content (AvgIpc) is 2.37. The lowest BCUT2D eigenvalue weighted by molar-refractivity contribution is -0.140. The van der Waals surface area contributed by atoms with Gasteiger partial charge in [-0.15, -0.1) is 0 Å². The van der Waals surface area contributed by atoms with E-state index in [1.165, 1.54) is 4.90 Å². The second kappa shape index (κ2) is 5.22. The van der Waals surface area contributed by atoms with Crippen molar-refractivity contribution in [3.8, 4) is 0 Å². The van der Waals surface area contributed by atoms with Gasteiger partial charge in [-0.25, -0.2) is 0 Å². The quantitative estimate of drug-likeness (QED) is 0.786. The standard InChI is InChI=1S/C11H11F3N2O2S/c12-11(13,14)9-10(19(17)18)16(7-6-15-9)8-4-2-1-3-5-8/h1-5,9,15H,6-7H2. The van der Waals surface area contributed by atoms with E-state index in [2.05, 4.69) is 5.32 Å². The maximum atomic E-state index is 12.9. The van der Waals surface area contributed by atoms with Gasteiger partial charge in [0, 0.05) is 18.8 Å². The number of piperazine rings is 1. The predicted molar refractivity (Wildman–Crippen MR) is 65.6 cm³/mol. The van der Waals surface area contributed by atoms with Gasteiger partial charge in [-0.05, 0) is 12.1 Å². The van der Waals surface area contributed by atoms with E-state index in [9.17, 15) is 21.6 Å². The summed E-state index contributed by atoms with van der Waals surface area (Å²) in [6, 6.07) is 5.98. The lowest BCUT2D eigenvalue weighted by Gasteiger charge is -2.35. The highest BCUT2D eigenvalue weighted by atomic mass is 32.2. The Kier molecular flexibility index (Phi) is 3.81. The highest BCUT2D eigenvalue weighted by Crippen LogP contribution is 2.26. The molecule has 1 N–H and O–H groups in total. The van der Waals surface area contributed by atoms with Crippen molar-refractivity contribution >= 4 is 21.0 Å². The Morgan fingerprint density at radius 1 is 1.21 bits per heavy atom. The van der Waals surface area contributed by atoms with E-state index in [-0.39, 0.29) is 13.1 Å². The maximum Gasteiger partial charge on any atom is 0.410 e. The van der Waals surface area contributed by atoms with Gasteiger partial charge in [-0.3, -0.25) is 5.32 Å². The fourth-order valence-electron chi connectivity index (χ4n) is 1.98. The molecule has 0 aliphatic carbocycles. The second-order valence-electron chi connectivity index (χ2n) is 3.99. The zero-order chi connectivity index (χ0) is 14.0. The van der Waals surface area contributed by atoms with E-state index in [1.807, 2.05) is 0 Å². The van der Waals surface area contributed by atoms with Crippen LogP contribution in [0.2, 0.25) is 0 Å². The molecule has 4 nitrogen and oxygen atoms in total. The van der Waals surface area contributed by atoms with E-state index in [0.717, 1.165) is 0 Å². The third kappa shape index (κ3) is 2.90. The van der Waals surface area contributed by atoms with Crippen molar-refractivity contribution in [2.24, 2.45) is 0 Å². The SMILES string of the molecule is O=S(=O)=C1C(C(F)(F)F)NCCN1c1ccccc1. The van der Waals surface area contributed by atoms with E-state index >= 15 is 0 Å². The topological polar surface area (TPSA) is 49.4 Å². The molecular weight excluding hydrogens is 281 g/mol. The van der Waals surface area contributed by atoms with Crippen LogP contribution in [0.5, 0.6) is 0 Å². The molecule has 2 rings (SSSR count). The minimum absolute atomic E-state index is 0.0553. The molecule has 1 heterocycles. The Morgan fingerprint density at radius 2 is 1.84 bits per heavy atom. The summed E-state index contributed by atoms with van der Waals surface area (Å²) in [6.45, 7) is 0.222. The van der Waals surface area contributed by atoms with Crippen LogP contribution in [-0.2, 0) is 10.3 Å². The summed E-state index contributed by atoms with van der Waals surface area (Å²) in [4.78, 5) is 0.488. The molecule has 0 bridgehead atoms. The zero-order valence-corrected chi connectivity index (χ0v) is 10.5. The Labute approximate surface area is 109 Å². The largest absolute Gasteiger partial charge is 0.410 e. The van der Waals surface area contributed by atoms with Crippen LogP contribution in [0.4, 0.5) is 18.9 Å². The minimum atomic E-state index is -4.65. The van der Waals surface area contributed by atoms with Crippen molar-refractivity contribution < 1.29 is 21.6 Å². The molecule has 0 aromatic heterocycles. The molecule has 1 saturated heterocycles. The number of nitrogens with zero attached hydrogens (tertiary/aromatic N) is 1. The van der Waals surface area contributed by atoms with Crippen LogP contribution in [0.3, 0.4) is 0 Å². The van der Waals surface area contributed by atoms with Gasteiger partial charge in [0.15, 0.2) is 11.0 Å². The van der Waals surface area contributed by atoms with Gasteiger partial charge in [-0.1, -0.05) is 18.2 Å². The number of anilines is 1. The van der Waals surface area contributed by atoms with Crippen LogP contribution in [0.15, 0.2) is 30.3 Å². The first-order valence-electron chi connectivity index (χ1n) is 5.50. The molecule has 1 aromatic rings. The monoisotopic (exact) mass is 292 g/mol. The number of benzene rings is 1. The lowest BCUT2D eigenvalue weighted by atomic mass is 10.1. The first-order valence-corrected chi connectivity index (χ1v) is 6.57. The maximum absolute atomic E-state index is 12.9. The number of hydrogen-bond acceptors (Lipinski definition) is 3. The molecule has 1 aliphatic heterocycles. The number of alkyl halides is 3. The normalized spacial score (nSPS) is 20.5. The Morgan fingerprint density at radius 3 is 2.37 bits per heavy atom. The molecule has 1 aromatic carbocycles. The summed E-state index contributed by atoms with van der Waals surface area (Å²) in [7, 11) is -2.95. The van der Waals surface area contributed by atoms with Crippen molar-refractivity contribution in [1.29, 1.82) is 0 Å². The fraction of sp³-hybridized carbons (Fsp3) is 0.364. The summed E-state index contributed by atoms with van der Waals surface area (Å²) < 4.78 is 60.9.